The van der Waals surface area contributed by atoms with Gasteiger partial charge in [-0.1, -0.05) is 17.3 Å². The zero-order chi connectivity index (χ0) is 8.44. The Hall–Kier alpha value is -0.480. The van der Waals surface area contributed by atoms with Crippen molar-refractivity contribution < 1.29 is 0 Å². The first kappa shape index (κ1) is 8.13. The van der Waals surface area contributed by atoms with Gasteiger partial charge in [0.2, 0.25) is 0 Å². The molecule has 0 bridgehead atoms. The van der Waals surface area contributed by atoms with Gasteiger partial charge in [-0.05, 0) is 24.4 Å². The number of rotatable bonds is 2. The molecule has 3 nitrogen and oxygen atoms in total. The molecular formula is C8H13N3S. The third-order valence-electron chi connectivity index (χ3n) is 2.85. The minimum atomic E-state index is 0.174. The van der Waals surface area contributed by atoms with Crippen molar-refractivity contribution in [3.8, 4) is 0 Å². The van der Waals surface area contributed by atoms with E-state index in [4.69, 9.17) is 5.73 Å². The minimum Gasteiger partial charge on any atom is -0.330 e. The molecule has 0 saturated heterocycles. The molecule has 1 aliphatic carbocycles. The van der Waals surface area contributed by atoms with Gasteiger partial charge in [-0.3, -0.25) is 0 Å². The number of hydrogen-bond acceptors (Lipinski definition) is 4. The van der Waals surface area contributed by atoms with E-state index >= 15 is 0 Å². The fourth-order valence-corrected chi connectivity index (χ4v) is 2.59. The van der Waals surface area contributed by atoms with Crippen molar-refractivity contribution in [2.75, 3.05) is 6.54 Å². The van der Waals surface area contributed by atoms with Crippen LogP contribution in [0.15, 0.2) is 5.38 Å². The van der Waals surface area contributed by atoms with Gasteiger partial charge in [0.05, 0.1) is 5.69 Å². The van der Waals surface area contributed by atoms with Gasteiger partial charge in [-0.15, -0.1) is 5.10 Å². The van der Waals surface area contributed by atoms with Crippen LogP contribution in [0.3, 0.4) is 0 Å². The lowest BCUT2D eigenvalue weighted by Crippen LogP contribution is -2.32. The van der Waals surface area contributed by atoms with E-state index in [1.54, 1.807) is 0 Å². The maximum absolute atomic E-state index is 5.80. The van der Waals surface area contributed by atoms with E-state index in [-0.39, 0.29) is 5.41 Å². The van der Waals surface area contributed by atoms with E-state index in [1.807, 2.05) is 5.38 Å². The summed E-state index contributed by atoms with van der Waals surface area (Å²) >= 11 is 1.42. The summed E-state index contributed by atoms with van der Waals surface area (Å²) in [4.78, 5) is 0. The molecule has 1 saturated carbocycles. The highest BCUT2D eigenvalue weighted by molar-refractivity contribution is 7.03. The average molecular weight is 183 g/mol. The highest BCUT2D eigenvalue weighted by Gasteiger charge is 2.36. The van der Waals surface area contributed by atoms with Gasteiger partial charge in [0.25, 0.3) is 0 Å². The van der Waals surface area contributed by atoms with E-state index in [0.717, 1.165) is 12.2 Å². The molecule has 66 valence electrons. The van der Waals surface area contributed by atoms with Gasteiger partial charge >= 0.3 is 0 Å². The molecule has 0 radical (unpaired) electrons. The monoisotopic (exact) mass is 183 g/mol. The van der Waals surface area contributed by atoms with Crippen molar-refractivity contribution in [3.05, 3.63) is 11.1 Å². The van der Waals surface area contributed by atoms with Crippen molar-refractivity contribution in [1.82, 2.24) is 9.59 Å². The summed E-state index contributed by atoms with van der Waals surface area (Å²) in [6, 6.07) is 0. The van der Waals surface area contributed by atoms with Gasteiger partial charge in [-0.25, -0.2) is 0 Å². The van der Waals surface area contributed by atoms with Crippen LogP contribution in [-0.2, 0) is 5.41 Å². The largest absolute Gasteiger partial charge is 0.330 e. The minimum absolute atomic E-state index is 0.174. The summed E-state index contributed by atoms with van der Waals surface area (Å²) < 4.78 is 3.90. The van der Waals surface area contributed by atoms with Crippen LogP contribution in [-0.4, -0.2) is 16.1 Å². The molecule has 2 rings (SSSR count). The molecular weight excluding hydrogens is 170 g/mol. The second kappa shape index (κ2) is 3.11. The van der Waals surface area contributed by atoms with Crippen LogP contribution in [0, 0.1) is 0 Å². The fraction of sp³-hybridized carbons (Fsp3) is 0.750. The van der Waals surface area contributed by atoms with E-state index in [2.05, 4.69) is 9.59 Å². The first-order chi connectivity index (χ1) is 5.87. The zero-order valence-electron chi connectivity index (χ0n) is 6.99. The van der Waals surface area contributed by atoms with E-state index < -0.39 is 0 Å². The molecule has 0 aliphatic heterocycles. The van der Waals surface area contributed by atoms with Crippen LogP contribution in [0.25, 0.3) is 0 Å². The zero-order valence-corrected chi connectivity index (χ0v) is 7.81. The van der Waals surface area contributed by atoms with Crippen LogP contribution in [0.5, 0.6) is 0 Å². The third kappa shape index (κ3) is 1.15. The normalized spacial score (nSPS) is 21.4. The predicted octanol–water partition coefficient (Wildman–Crippen LogP) is 1.31. The van der Waals surface area contributed by atoms with Crippen LogP contribution in [0.4, 0.5) is 0 Å². The number of nitrogens with zero attached hydrogens (tertiary/aromatic N) is 2. The molecule has 1 aliphatic rings. The molecule has 0 amide bonds. The molecule has 1 aromatic rings. The molecule has 0 aromatic carbocycles. The molecule has 0 spiro atoms. The Kier molecular flexibility index (Phi) is 2.11. The van der Waals surface area contributed by atoms with Gasteiger partial charge in [0.1, 0.15) is 0 Å². The summed E-state index contributed by atoms with van der Waals surface area (Å²) in [5, 5.41) is 6.17. The Labute approximate surface area is 76.1 Å². The van der Waals surface area contributed by atoms with Crippen molar-refractivity contribution in [3.63, 3.8) is 0 Å². The van der Waals surface area contributed by atoms with Gasteiger partial charge in [0.15, 0.2) is 0 Å². The smallest absolute Gasteiger partial charge is 0.0829 e. The summed E-state index contributed by atoms with van der Waals surface area (Å²) in [6.45, 7) is 0.721. The highest BCUT2D eigenvalue weighted by atomic mass is 32.1. The Morgan fingerprint density at radius 2 is 2.25 bits per heavy atom. The molecule has 12 heavy (non-hydrogen) atoms. The quantitative estimate of drug-likeness (QED) is 0.752. The van der Waals surface area contributed by atoms with Gasteiger partial charge in [-0.2, -0.15) is 0 Å². The molecule has 4 heteroatoms. The maximum atomic E-state index is 5.80. The second-order valence-corrected chi connectivity index (χ2v) is 4.09. The lowest BCUT2D eigenvalue weighted by molar-refractivity contribution is 0.438. The molecule has 0 unspecified atom stereocenters. The molecule has 0 atom stereocenters. The first-order valence-electron chi connectivity index (χ1n) is 4.35. The van der Waals surface area contributed by atoms with Gasteiger partial charge in [0, 0.05) is 17.3 Å². The number of hydrogen-bond donors (Lipinski definition) is 1. The van der Waals surface area contributed by atoms with E-state index in [1.165, 1.54) is 37.2 Å². The lowest BCUT2D eigenvalue weighted by Gasteiger charge is -2.23. The maximum Gasteiger partial charge on any atom is 0.0829 e. The third-order valence-corrected chi connectivity index (χ3v) is 3.36. The van der Waals surface area contributed by atoms with Crippen molar-refractivity contribution >= 4 is 11.5 Å². The molecule has 1 aromatic heterocycles. The average Bonchev–Trinajstić information content (AvgIpc) is 2.76. The summed E-state index contributed by atoms with van der Waals surface area (Å²) in [7, 11) is 0. The van der Waals surface area contributed by atoms with Crippen LogP contribution in [0.2, 0.25) is 0 Å². The topological polar surface area (TPSA) is 51.8 Å². The van der Waals surface area contributed by atoms with Crippen LogP contribution >= 0.6 is 11.5 Å². The molecule has 1 fully saturated rings. The molecule has 2 N–H and O–H groups in total. The van der Waals surface area contributed by atoms with Crippen molar-refractivity contribution in [1.29, 1.82) is 0 Å². The van der Waals surface area contributed by atoms with Crippen molar-refractivity contribution in [2.24, 2.45) is 5.73 Å². The van der Waals surface area contributed by atoms with Crippen molar-refractivity contribution in [2.45, 2.75) is 31.1 Å². The van der Waals surface area contributed by atoms with E-state index in [0.29, 0.717) is 0 Å². The van der Waals surface area contributed by atoms with E-state index in [9.17, 15) is 0 Å². The standard InChI is InChI=1S/C8H13N3S/c9-6-8(3-1-2-4-8)7-5-12-11-10-7/h5H,1-4,6,9H2. The van der Waals surface area contributed by atoms with Crippen LogP contribution < -0.4 is 5.73 Å². The Balaban J connectivity index is 2.28. The summed E-state index contributed by atoms with van der Waals surface area (Å²) in [5.74, 6) is 0. The highest BCUT2D eigenvalue weighted by Crippen LogP contribution is 2.39. The number of nitrogens with two attached hydrogens (primary N) is 1. The number of aromatic nitrogens is 2. The fourth-order valence-electron chi connectivity index (χ4n) is 2.01. The lowest BCUT2D eigenvalue weighted by atomic mass is 9.83. The second-order valence-electron chi connectivity index (χ2n) is 3.48. The Bertz CT molecular complexity index is 239. The summed E-state index contributed by atoms with van der Waals surface area (Å²) in [5.41, 5.74) is 7.09. The summed E-state index contributed by atoms with van der Waals surface area (Å²) in [6.07, 6.45) is 4.95. The SMILES string of the molecule is NCC1(c2csnn2)CCCC1. The Morgan fingerprint density at radius 1 is 1.50 bits per heavy atom. The predicted molar refractivity (Wildman–Crippen MR) is 49.1 cm³/mol. The Morgan fingerprint density at radius 3 is 2.75 bits per heavy atom. The molecule has 1 heterocycles. The van der Waals surface area contributed by atoms with Crippen LogP contribution in [0.1, 0.15) is 31.4 Å². The van der Waals surface area contributed by atoms with Gasteiger partial charge < -0.3 is 5.73 Å². The first-order valence-corrected chi connectivity index (χ1v) is 5.19.